The third-order valence-electron chi connectivity index (χ3n) is 2.84. The summed E-state index contributed by atoms with van der Waals surface area (Å²) in [6.45, 7) is 0. The molecule has 0 bridgehead atoms. The first-order valence-electron chi connectivity index (χ1n) is 6.01. The molecule has 0 radical (unpaired) electrons. The SMILES string of the molecule is O=C(Cl)/C=C/c1cccc(-c2ccc(C(F)(F)F)cc2)c1. The minimum Gasteiger partial charge on any atom is -0.276 e. The highest BCUT2D eigenvalue weighted by atomic mass is 35.5. The van der Waals surface area contributed by atoms with Crippen molar-refractivity contribution in [3.05, 3.63) is 65.7 Å². The molecule has 0 fully saturated rings. The first kappa shape index (κ1) is 15.3. The summed E-state index contributed by atoms with van der Waals surface area (Å²) < 4.78 is 37.5. The molecule has 0 atom stereocenters. The van der Waals surface area contributed by atoms with Crippen LogP contribution in [0.3, 0.4) is 0 Å². The quantitative estimate of drug-likeness (QED) is 0.566. The summed E-state index contributed by atoms with van der Waals surface area (Å²) in [5, 5.41) is -0.588. The molecular weight excluding hydrogens is 301 g/mol. The first-order valence-corrected chi connectivity index (χ1v) is 6.39. The minimum absolute atomic E-state index is 0.588. The van der Waals surface area contributed by atoms with Crippen LogP contribution < -0.4 is 0 Å². The number of benzene rings is 2. The zero-order valence-corrected chi connectivity index (χ0v) is 11.4. The van der Waals surface area contributed by atoms with Gasteiger partial charge in [0, 0.05) is 0 Å². The van der Waals surface area contributed by atoms with Crippen molar-refractivity contribution in [1.29, 1.82) is 0 Å². The largest absolute Gasteiger partial charge is 0.416 e. The number of hydrogen-bond donors (Lipinski definition) is 0. The Bertz CT molecular complexity index is 673. The van der Waals surface area contributed by atoms with Crippen molar-refractivity contribution in [3.63, 3.8) is 0 Å². The molecule has 21 heavy (non-hydrogen) atoms. The van der Waals surface area contributed by atoms with Gasteiger partial charge in [-0.05, 0) is 52.6 Å². The molecule has 0 aliphatic rings. The van der Waals surface area contributed by atoms with Crippen LogP contribution in [-0.4, -0.2) is 5.24 Å². The molecule has 0 amide bonds. The van der Waals surface area contributed by atoms with E-state index in [9.17, 15) is 18.0 Å². The average Bonchev–Trinajstić information content (AvgIpc) is 2.45. The third-order valence-corrected chi connectivity index (χ3v) is 2.96. The van der Waals surface area contributed by atoms with E-state index < -0.39 is 17.0 Å². The number of halogens is 4. The van der Waals surface area contributed by atoms with Crippen LogP contribution in [0.25, 0.3) is 17.2 Å². The average molecular weight is 311 g/mol. The zero-order valence-electron chi connectivity index (χ0n) is 10.7. The van der Waals surface area contributed by atoms with Gasteiger partial charge in [-0.2, -0.15) is 13.2 Å². The topological polar surface area (TPSA) is 17.1 Å². The lowest BCUT2D eigenvalue weighted by Crippen LogP contribution is -2.03. The second kappa shape index (κ2) is 6.14. The molecule has 0 N–H and O–H groups in total. The van der Waals surface area contributed by atoms with Crippen LogP contribution in [0.4, 0.5) is 13.2 Å². The van der Waals surface area contributed by atoms with Crippen molar-refractivity contribution in [2.24, 2.45) is 0 Å². The van der Waals surface area contributed by atoms with E-state index >= 15 is 0 Å². The Hall–Kier alpha value is -2.07. The normalized spacial score (nSPS) is 11.8. The maximum absolute atomic E-state index is 12.5. The minimum atomic E-state index is -4.34. The van der Waals surface area contributed by atoms with Crippen LogP contribution in [-0.2, 0) is 11.0 Å². The Kier molecular flexibility index (Phi) is 4.48. The van der Waals surface area contributed by atoms with E-state index in [0.717, 1.165) is 23.3 Å². The summed E-state index contributed by atoms with van der Waals surface area (Å²) in [7, 11) is 0. The summed E-state index contributed by atoms with van der Waals surface area (Å²) in [6.07, 6.45) is -1.58. The van der Waals surface area contributed by atoms with Crippen LogP contribution in [0.2, 0.25) is 0 Å². The smallest absolute Gasteiger partial charge is 0.276 e. The van der Waals surface area contributed by atoms with Gasteiger partial charge in [0.05, 0.1) is 5.56 Å². The number of hydrogen-bond acceptors (Lipinski definition) is 1. The number of alkyl halides is 3. The lowest BCUT2D eigenvalue weighted by atomic mass is 10.0. The predicted octanol–water partition coefficient (Wildman–Crippen LogP) is 5.15. The van der Waals surface area contributed by atoms with Gasteiger partial charge in [-0.15, -0.1) is 0 Å². The Morgan fingerprint density at radius 2 is 1.67 bits per heavy atom. The molecule has 1 nitrogen and oxygen atoms in total. The molecule has 0 saturated heterocycles. The van der Waals surface area contributed by atoms with Gasteiger partial charge >= 0.3 is 6.18 Å². The Balaban J connectivity index is 2.30. The molecule has 0 aromatic heterocycles. The van der Waals surface area contributed by atoms with Crippen molar-refractivity contribution in [1.82, 2.24) is 0 Å². The molecule has 0 aliphatic heterocycles. The van der Waals surface area contributed by atoms with Crippen molar-refractivity contribution >= 4 is 22.9 Å². The molecule has 0 spiro atoms. The summed E-state index contributed by atoms with van der Waals surface area (Å²) in [4.78, 5) is 10.7. The van der Waals surface area contributed by atoms with Crippen LogP contribution in [0.15, 0.2) is 54.6 Å². The second-order valence-corrected chi connectivity index (χ2v) is 4.71. The van der Waals surface area contributed by atoms with Crippen LogP contribution in [0.1, 0.15) is 11.1 Å². The number of allylic oxidation sites excluding steroid dienone is 1. The molecule has 2 rings (SSSR count). The van der Waals surface area contributed by atoms with E-state index in [2.05, 4.69) is 0 Å². The predicted molar refractivity (Wildman–Crippen MR) is 76.8 cm³/mol. The van der Waals surface area contributed by atoms with Gasteiger partial charge in [-0.3, -0.25) is 4.79 Å². The van der Waals surface area contributed by atoms with Crippen LogP contribution >= 0.6 is 11.6 Å². The molecule has 0 heterocycles. The standard InChI is InChI=1S/C16H10ClF3O/c17-15(21)9-4-11-2-1-3-13(10-11)12-5-7-14(8-6-12)16(18,19)20/h1-10H/b9-4+. The molecule has 0 saturated carbocycles. The van der Waals surface area contributed by atoms with Crippen LogP contribution in [0.5, 0.6) is 0 Å². The third kappa shape index (κ3) is 4.20. The molecular formula is C16H10ClF3O. The van der Waals surface area contributed by atoms with Crippen molar-refractivity contribution in [2.45, 2.75) is 6.18 Å². The van der Waals surface area contributed by atoms with Crippen molar-refractivity contribution in [3.8, 4) is 11.1 Å². The van der Waals surface area contributed by atoms with E-state index in [4.69, 9.17) is 11.6 Å². The molecule has 2 aromatic carbocycles. The molecule has 5 heteroatoms. The maximum Gasteiger partial charge on any atom is 0.416 e. The Labute approximate surface area is 124 Å². The van der Waals surface area contributed by atoms with Gasteiger partial charge in [-0.25, -0.2) is 0 Å². The number of rotatable bonds is 3. The fourth-order valence-electron chi connectivity index (χ4n) is 1.84. The fraction of sp³-hybridized carbons (Fsp3) is 0.0625. The van der Waals surface area contributed by atoms with Gasteiger partial charge in [0.2, 0.25) is 5.24 Å². The highest BCUT2D eigenvalue weighted by Gasteiger charge is 2.29. The van der Waals surface area contributed by atoms with Crippen molar-refractivity contribution in [2.75, 3.05) is 0 Å². The first-order chi connectivity index (χ1) is 9.86. The molecule has 0 aliphatic carbocycles. The van der Waals surface area contributed by atoms with Gasteiger partial charge in [0.1, 0.15) is 0 Å². The van der Waals surface area contributed by atoms with Gasteiger partial charge < -0.3 is 0 Å². The van der Waals surface area contributed by atoms with Crippen molar-refractivity contribution < 1.29 is 18.0 Å². The summed E-state index contributed by atoms with van der Waals surface area (Å²) >= 11 is 5.21. The summed E-state index contributed by atoms with van der Waals surface area (Å²) in [6, 6.07) is 12.0. The summed E-state index contributed by atoms with van der Waals surface area (Å²) in [5.74, 6) is 0. The lowest BCUT2D eigenvalue weighted by molar-refractivity contribution is -0.137. The highest BCUT2D eigenvalue weighted by molar-refractivity contribution is 6.66. The monoisotopic (exact) mass is 310 g/mol. The number of carbonyl (C=O) groups excluding carboxylic acids is 1. The van der Waals surface area contributed by atoms with E-state index in [1.165, 1.54) is 18.2 Å². The Morgan fingerprint density at radius 3 is 2.24 bits per heavy atom. The fourth-order valence-corrected chi connectivity index (χ4v) is 1.90. The van der Waals surface area contributed by atoms with E-state index in [-0.39, 0.29) is 0 Å². The number of carbonyl (C=O) groups is 1. The van der Waals surface area contributed by atoms with Gasteiger partial charge in [0.15, 0.2) is 0 Å². The van der Waals surface area contributed by atoms with E-state index in [1.54, 1.807) is 30.3 Å². The second-order valence-electron chi connectivity index (χ2n) is 4.34. The summed E-state index contributed by atoms with van der Waals surface area (Å²) in [5.41, 5.74) is 1.47. The maximum atomic E-state index is 12.5. The van der Waals surface area contributed by atoms with Gasteiger partial charge in [-0.1, -0.05) is 36.4 Å². The molecule has 0 unspecified atom stereocenters. The molecule has 108 valence electrons. The van der Waals surface area contributed by atoms with Gasteiger partial charge in [0.25, 0.3) is 0 Å². The van der Waals surface area contributed by atoms with Crippen LogP contribution in [0, 0.1) is 0 Å². The molecule has 2 aromatic rings. The van der Waals surface area contributed by atoms with E-state index in [1.807, 2.05) is 0 Å². The van der Waals surface area contributed by atoms with E-state index in [0.29, 0.717) is 5.56 Å². The zero-order chi connectivity index (χ0) is 15.5. The lowest BCUT2D eigenvalue weighted by Gasteiger charge is -2.08. The highest BCUT2D eigenvalue weighted by Crippen LogP contribution is 2.31. The Morgan fingerprint density at radius 1 is 1.00 bits per heavy atom.